The second-order valence-corrected chi connectivity index (χ2v) is 6.70. The Balaban J connectivity index is 1.71. The standard InChI is InChI=1S/C16H17BrN2O3/c17-10-6-7-13-12(8-10)15(21)16(22)19(13)9-14(20)18-11-4-2-1-3-5-11/h6-8,11H,1-5,9H2,(H,18,20). The Bertz CT molecular complexity index is 638. The lowest BCUT2D eigenvalue weighted by Gasteiger charge is -2.24. The van der Waals surface area contributed by atoms with Crippen molar-refractivity contribution in [2.24, 2.45) is 0 Å². The zero-order valence-corrected chi connectivity index (χ0v) is 13.7. The lowest BCUT2D eigenvalue weighted by atomic mass is 9.95. The van der Waals surface area contributed by atoms with Crippen LogP contribution in [0.3, 0.4) is 0 Å². The van der Waals surface area contributed by atoms with Crippen LogP contribution in [0.4, 0.5) is 5.69 Å². The van der Waals surface area contributed by atoms with Crippen LogP contribution in [0.25, 0.3) is 0 Å². The molecule has 0 atom stereocenters. The van der Waals surface area contributed by atoms with Crippen molar-refractivity contribution < 1.29 is 14.4 Å². The number of Topliss-reactive ketones (excluding diaryl/α,β-unsaturated/α-hetero) is 1. The Kier molecular flexibility index (Phi) is 4.29. The minimum absolute atomic E-state index is 0.101. The van der Waals surface area contributed by atoms with Crippen LogP contribution >= 0.6 is 15.9 Å². The quantitative estimate of drug-likeness (QED) is 0.837. The number of rotatable bonds is 3. The van der Waals surface area contributed by atoms with Gasteiger partial charge in [-0.1, -0.05) is 35.2 Å². The highest BCUT2D eigenvalue weighted by Crippen LogP contribution is 2.31. The molecule has 0 saturated heterocycles. The largest absolute Gasteiger partial charge is 0.352 e. The van der Waals surface area contributed by atoms with Gasteiger partial charge in [-0.15, -0.1) is 0 Å². The van der Waals surface area contributed by atoms with E-state index in [1.807, 2.05) is 0 Å². The SMILES string of the molecule is O=C(CN1C(=O)C(=O)c2cc(Br)ccc21)NC1CCCCC1. The molecule has 0 aromatic heterocycles. The minimum atomic E-state index is -0.633. The zero-order valence-electron chi connectivity index (χ0n) is 12.1. The number of nitrogens with one attached hydrogen (secondary N) is 1. The topological polar surface area (TPSA) is 66.5 Å². The summed E-state index contributed by atoms with van der Waals surface area (Å²) in [5.41, 5.74) is 0.863. The van der Waals surface area contributed by atoms with E-state index >= 15 is 0 Å². The van der Waals surface area contributed by atoms with Crippen molar-refractivity contribution in [2.75, 3.05) is 11.4 Å². The maximum atomic E-state index is 12.2. The fourth-order valence-electron chi connectivity index (χ4n) is 3.09. The summed E-state index contributed by atoms with van der Waals surface area (Å²) in [5.74, 6) is -1.39. The molecule has 0 radical (unpaired) electrons. The molecule has 5 nitrogen and oxygen atoms in total. The molecule has 0 spiro atoms. The van der Waals surface area contributed by atoms with Crippen LogP contribution in [-0.4, -0.2) is 30.2 Å². The number of halogens is 1. The zero-order chi connectivity index (χ0) is 15.7. The molecular formula is C16H17BrN2O3. The summed E-state index contributed by atoms with van der Waals surface area (Å²) >= 11 is 3.29. The highest BCUT2D eigenvalue weighted by Gasteiger charge is 2.37. The number of carbonyl (C=O) groups excluding carboxylic acids is 3. The van der Waals surface area contributed by atoms with Crippen LogP contribution in [0.1, 0.15) is 42.5 Å². The van der Waals surface area contributed by atoms with E-state index in [1.54, 1.807) is 18.2 Å². The number of nitrogens with zero attached hydrogens (tertiary/aromatic N) is 1. The fraction of sp³-hybridized carbons (Fsp3) is 0.438. The Morgan fingerprint density at radius 3 is 2.68 bits per heavy atom. The molecule has 22 heavy (non-hydrogen) atoms. The number of amides is 2. The smallest absolute Gasteiger partial charge is 0.299 e. The first kappa shape index (κ1) is 15.2. The Hall–Kier alpha value is -1.69. The summed E-state index contributed by atoms with van der Waals surface area (Å²) in [4.78, 5) is 37.5. The summed E-state index contributed by atoms with van der Waals surface area (Å²) < 4.78 is 0.737. The van der Waals surface area contributed by atoms with Gasteiger partial charge in [0, 0.05) is 10.5 Å². The van der Waals surface area contributed by atoms with Crippen LogP contribution < -0.4 is 10.2 Å². The maximum absolute atomic E-state index is 12.2. The van der Waals surface area contributed by atoms with E-state index in [0.717, 1.165) is 30.2 Å². The molecule has 1 aliphatic carbocycles. The molecule has 1 aromatic rings. The molecule has 1 aliphatic heterocycles. The third-order valence-corrected chi connectivity index (χ3v) is 4.70. The fourth-order valence-corrected chi connectivity index (χ4v) is 3.45. The van der Waals surface area contributed by atoms with E-state index in [9.17, 15) is 14.4 Å². The van der Waals surface area contributed by atoms with E-state index in [1.165, 1.54) is 11.3 Å². The molecule has 1 fully saturated rings. The Labute approximate surface area is 137 Å². The summed E-state index contributed by atoms with van der Waals surface area (Å²) in [6, 6.07) is 5.26. The molecule has 0 unspecified atom stereocenters. The van der Waals surface area contributed by atoms with Gasteiger partial charge in [0.25, 0.3) is 11.7 Å². The predicted octanol–water partition coefficient (Wildman–Crippen LogP) is 2.43. The van der Waals surface area contributed by atoms with E-state index in [0.29, 0.717) is 11.3 Å². The van der Waals surface area contributed by atoms with Gasteiger partial charge in [0.1, 0.15) is 6.54 Å². The first-order valence-corrected chi connectivity index (χ1v) is 8.30. The molecule has 2 aliphatic rings. The van der Waals surface area contributed by atoms with Crippen molar-refractivity contribution in [1.29, 1.82) is 0 Å². The molecule has 6 heteroatoms. The second-order valence-electron chi connectivity index (χ2n) is 5.78. The number of carbonyl (C=O) groups is 3. The van der Waals surface area contributed by atoms with Crippen molar-refractivity contribution in [3.63, 3.8) is 0 Å². The summed E-state index contributed by atoms with van der Waals surface area (Å²) in [7, 11) is 0. The monoisotopic (exact) mass is 364 g/mol. The highest BCUT2D eigenvalue weighted by molar-refractivity contribution is 9.10. The van der Waals surface area contributed by atoms with E-state index < -0.39 is 11.7 Å². The molecule has 2 amide bonds. The maximum Gasteiger partial charge on any atom is 0.299 e. The van der Waals surface area contributed by atoms with Crippen molar-refractivity contribution in [2.45, 2.75) is 38.1 Å². The first-order valence-electron chi connectivity index (χ1n) is 7.51. The normalized spacial score (nSPS) is 18.5. The van der Waals surface area contributed by atoms with Crippen molar-refractivity contribution >= 4 is 39.2 Å². The van der Waals surface area contributed by atoms with E-state index in [-0.39, 0.29) is 18.5 Å². The summed E-state index contributed by atoms with van der Waals surface area (Å²) in [6.45, 7) is -0.101. The average molecular weight is 365 g/mol. The van der Waals surface area contributed by atoms with Gasteiger partial charge >= 0.3 is 0 Å². The molecular weight excluding hydrogens is 348 g/mol. The summed E-state index contributed by atoms with van der Waals surface area (Å²) in [6.07, 6.45) is 5.45. The highest BCUT2D eigenvalue weighted by atomic mass is 79.9. The number of benzene rings is 1. The van der Waals surface area contributed by atoms with Crippen LogP contribution in [-0.2, 0) is 9.59 Å². The molecule has 0 bridgehead atoms. The van der Waals surface area contributed by atoms with Gasteiger partial charge in [-0.05, 0) is 31.0 Å². The number of hydrogen-bond acceptors (Lipinski definition) is 3. The second kappa shape index (κ2) is 6.20. The minimum Gasteiger partial charge on any atom is -0.352 e. The first-order chi connectivity index (χ1) is 10.6. The van der Waals surface area contributed by atoms with Crippen molar-refractivity contribution in [3.05, 3.63) is 28.2 Å². The molecule has 116 valence electrons. The molecule has 3 rings (SSSR count). The third-order valence-electron chi connectivity index (χ3n) is 4.21. The number of anilines is 1. The molecule has 1 aromatic carbocycles. The Morgan fingerprint density at radius 1 is 1.23 bits per heavy atom. The van der Waals surface area contributed by atoms with Crippen molar-refractivity contribution in [3.8, 4) is 0 Å². The summed E-state index contributed by atoms with van der Waals surface area (Å²) in [5, 5.41) is 2.97. The van der Waals surface area contributed by atoms with Gasteiger partial charge < -0.3 is 5.32 Å². The molecule has 1 saturated carbocycles. The van der Waals surface area contributed by atoms with Gasteiger partial charge in [0.2, 0.25) is 5.91 Å². The van der Waals surface area contributed by atoms with Crippen LogP contribution in [0.5, 0.6) is 0 Å². The van der Waals surface area contributed by atoms with Crippen molar-refractivity contribution in [1.82, 2.24) is 5.32 Å². The number of hydrogen-bond donors (Lipinski definition) is 1. The lowest BCUT2D eigenvalue weighted by molar-refractivity contribution is -0.122. The molecule has 1 heterocycles. The van der Waals surface area contributed by atoms with Crippen LogP contribution in [0.2, 0.25) is 0 Å². The third kappa shape index (κ3) is 2.92. The van der Waals surface area contributed by atoms with Gasteiger partial charge in [0.15, 0.2) is 0 Å². The lowest BCUT2D eigenvalue weighted by Crippen LogP contribution is -2.44. The predicted molar refractivity (Wildman–Crippen MR) is 85.8 cm³/mol. The van der Waals surface area contributed by atoms with Gasteiger partial charge in [-0.3, -0.25) is 19.3 Å². The van der Waals surface area contributed by atoms with E-state index in [2.05, 4.69) is 21.2 Å². The number of ketones is 1. The van der Waals surface area contributed by atoms with Gasteiger partial charge in [-0.2, -0.15) is 0 Å². The van der Waals surface area contributed by atoms with E-state index in [4.69, 9.17) is 0 Å². The van der Waals surface area contributed by atoms with Gasteiger partial charge in [-0.25, -0.2) is 0 Å². The Morgan fingerprint density at radius 2 is 1.95 bits per heavy atom. The molecule has 1 N–H and O–H groups in total. The number of fused-ring (bicyclic) bond motifs is 1. The van der Waals surface area contributed by atoms with Crippen LogP contribution in [0.15, 0.2) is 22.7 Å². The van der Waals surface area contributed by atoms with Crippen LogP contribution in [0, 0.1) is 0 Å². The van der Waals surface area contributed by atoms with Gasteiger partial charge in [0.05, 0.1) is 11.3 Å². The average Bonchev–Trinajstić information content (AvgIpc) is 2.73.